The molecule has 1 saturated heterocycles. The van der Waals surface area contributed by atoms with Crippen molar-refractivity contribution in [1.82, 2.24) is 5.01 Å². The van der Waals surface area contributed by atoms with Crippen LogP contribution in [0, 0.1) is 10.1 Å². The van der Waals surface area contributed by atoms with E-state index >= 15 is 0 Å². The molecule has 0 unspecified atom stereocenters. The third kappa shape index (κ3) is 2.83. The van der Waals surface area contributed by atoms with Crippen LogP contribution in [0.15, 0.2) is 18.2 Å². The normalized spacial score (nSPS) is 16.7. The fraction of sp³-hybridized carbons (Fsp3) is 0.400. The summed E-state index contributed by atoms with van der Waals surface area (Å²) in [6.45, 7) is 2.60. The first-order valence-corrected chi connectivity index (χ1v) is 5.30. The average Bonchev–Trinajstić information content (AvgIpc) is 2.30. The van der Waals surface area contributed by atoms with Crippen molar-refractivity contribution in [3.63, 3.8) is 0 Å². The molecule has 1 aliphatic rings. The number of nitro benzene ring substituents is 1. The zero-order chi connectivity index (χ0) is 12.3. The highest BCUT2D eigenvalue weighted by Crippen LogP contribution is 2.26. The molecule has 0 radical (unpaired) electrons. The van der Waals surface area contributed by atoms with Crippen molar-refractivity contribution in [1.29, 1.82) is 0 Å². The highest BCUT2D eigenvalue weighted by molar-refractivity contribution is 5.66. The van der Waals surface area contributed by atoms with E-state index in [2.05, 4.69) is 5.43 Å². The molecule has 1 fully saturated rings. The number of morpholine rings is 1. The summed E-state index contributed by atoms with van der Waals surface area (Å²) in [6.07, 6.45) is 0. The molecule has 0 bridgehead atoms. The van der Waals surface area contributed by atoms with Gasteiger partial charge in [-0.05, 0) is 12.1 Å². The summed E-state index contributed by atoms with van der Waals surface area (Å²) in [4.78, 5) is 10.4. The van der Waals surface area contributed by atoms with Gasteiger partial charge in [-0.15, -0.1) is 0 Å². The largest absolute Gasteiger partial charge is 0.399 e. The van der Waals surface area contributed by atoms with E-state index in [1.807, 2.05) is 5.01 Å². The van der Waals surface area contributed by atoms with Crippen LogP contribution in [-0.4, -0.2) is 36.2 Å². The Hall–Kier alpha value is -1.86. The maximum Gasteiger partial charge on any atom is 0.293 e. The van der Waals surface area contributed by atoms with Crippen molar-refractivity contribution in [3.8, 4) is 0 Å². The van der Waals surface area contributed by atoms with Crippen LogP contribution in [0.1, 0.15) is 0 Å². The van der Waals surface area contributed by atoms with Crippen LogP contribution in [0.4, 0.5) is 17.1 Å². The SMILES string of the molecule is Nc1ccc([N+](=O)[O-])c(NN2CCOCC2)c1. The van der Waals surface area contributed by atoms with E-state index in [1.165, 1.54) is 12.1 Å². The number of nitrogens with one attached hydrogen (secondary N) is 1. The van der Waals surface area contributed by atoms with Crippen LogP contribution in [0.5, 0.6) is 0 Å². The smallest absolute Gasteiger partial charge is 0.293 e. The maximum atomic E-state index is 10.9. The highest BCUT2D eigenvalue weighted by Gasteiger charge is 2.17. The van der Waals surface area contributed by atoms with Crippen molar-refractivity contribution in [2.45, 2.75) is 0 Å². The molecule has 1 aliphatic heterocycles. The van der Waals surface area contributed by atoms with E-state index in [0.717, 1.165) is 0 Å². The van der Waals surface area contributed by atoms with Crippen molar-refractivity contribution in [2.75, 3.05) is 37.5 Å². The van der Waals surface area contributed by atoms with Crippen LogP contribution in [-0.2, 0) is 4.74 Å². The summed E-state index contributed by atoms with van der Waals surface area (Å²) < 4.78 is 5.20. The first kappa shape index (κ1) is 11.6. The van der Waals surface area contributed by atoms with Crippen LogP contribution < -0.4 is 11.2 Å². The second-order valence-corrected chi connectivity index (χ2v) is 3.74. The molecule has 17 heavy (non-hydrogen) atoms. The van der Waals surface area contributed by atoms with E-state index in [4.69, 9.17) is 10.5 Å². The number of hydrazine groups is 1. The maximum absolute atomic E-state index is 10.9. The van der Waals surface area contributed by atoms with Gasteiger partial charge in [-0.3, -0.25) is 10.1 Å². The Labute approximate surface area is 98.3 Å². The zero-order valence-electron chi connectivity index (χ0n) is 9.26. The highest BCUT2D eigenvalue weighted by atomic mass is 16.6. The molecule has 7 heteroatoms. The minimum absolute atomic E-state index is 0.0192. The molecule has 3 N–H and O–H groups in total. The van der Waals surface area contributed by atoms with Gasteiger partial charge in [0.2, 0.25) is 0 Å². The third-order valence-corrected chi connectivity index (χ3v) is 2.51. The summed E-state index contributed by atoms with van der Waals surface area (Å²) in [6, 6.07) is 4.48. The molecule has 0 aliphatic carbocycles. The Bertz CT molecular complexity index is 418. The fourth-order valence-electron chi connectivity index (χ4n) is 1.65. The van der Waals surface area contributed by atoms with Gasteiger partial charge in [-0.25, -0.2) is 5.01 Å². The summed E-state index contributed by atoms with van der Waals surface area (Å²) >= 11 is 0. The Morgan fingerprint density at radius 3 is 2.76 bits per heavy atom. The topological polar surface area (TPSA) is 93.7 Å². The molecule has 2 rings (SSSR count). The Balaban J connectivity index is 2.17. The van der Waals surface area contributed by atoms with Gasteiger partial charge in [0.15, 0.2) is 0 Å². The van der Waals surface area contributed by atoms with Gasteiger partial charge in [-0.1, -0.05) is 0 Å². The molecule has 92 valence electrons. The van der Waals surface area contributed by atoms with E-state index < -0.39 is 4.92 Å². The van der Waals surface area contributed by atoms with E-state index in [0.29, 0.717) is 37.7 Å². The number of ether oxygens (including phenoxy) is 1. The molecular formula is C10H14N4O3. The molecule has 1 aromatic rings. The minimum Gasteiger partial charge on any atom is -0.399 e. The number of hydrogen-bond donors (Lipinski definition) is 2. The number of nitrogen functional groups attached to an aromatic ring is 1. The van der Waals surface area contributed by atoms with Crippen molar-refractivity contribution in [3.05, 3.63) is 28.3 Å². The Morgan fingerprint density at radius 2 is 2.12 bits per heavy atom. The number of hydrogen-bond acceptors (Lipinski definition) is 6. The second kappa shape index (κ2) is 4.98. The summed E-state index contributed by atoms with van der Waals surface area (Å²) in [5, 5.41) is 12.7. The quantitative estimate of drug-likeness (QED) is 0.460. The number of nitrogens with two attached hydrogens (primary N) is 1. The second-order valence-electron chi connectivity index (χ2n) is 3.74. The van der Waals surface area contributed by atoms with Crippen molar-refractivity contribution in [2.24, 2.45) is 0 Å². The zero-order valence-corrected chi connectivity index (χ0v) is 9.26. The van der Waals surface area contributed by atoms with Gasteiger partial charge in [-0.2, -0.15) is 0 Å². The summed E-state index contributed by atoms with van der Waals surface area (Å²) in [5.41, 5.74) is 9.56. The predicted octanol–water partition coefficient (Wildman–Crippen LogP) is 0.836. The fourth-order valence-corrected chi connectivity index (χ4v) is 1.65. The molecule has 0 atom stereocenters. The van der Waals surface area contributed by atoms with Crippen molar-refractivity contribution >= 4 is 17.1 Å². The first-order chi connectivity index (χ1) is 8.16. The molecule has 1 heterocycles. The van der Waals surface area contributed by atoms with Gasteiger partial charge in [0, 0.05) is 24.8 Å². The van der Waals surface area contributed by atoms with Gasteiger partial charge in [0.1, 0.15) is 5.69 Å². The monoisotopic (exact) mass is 238 g/mol. The van der Waals surface area contributed by atoms with E-state index in [-0.39, 0.29) is 5.69 Å². The number of rotatable bonds is 3. The number of nitro groups is 1. The van der Waals surface area contributed by atoms with Gasteiger partial charge in [0.25, 0.3) is 5.69 Å². The van der Waals surface area contributed by atoms with Crippen LogP contribution in [0.25, 0.3) is 0 Å². The van der Waals surface area contributed by atoms with Gasteiger partial charge in [0.05, 0.1) is 18.1 Å². The van der Waals surface area contributed by atoms with E-state index in [1.54, 1.807) is 6.07 Å². The molecule has 7 nitrogen and oxygen atoms in total. The molecule has 0 amide bonds. The van der Waals surface area contributed by atoms with Gasteiger partial charge >= 0.3 is 0 Å². The lowest BCUT2D eigenvalue weighted by atomic mass is 10.2. The lowest BCUT2D eigenvalue weighted by Gasteiger charge is -2.27. The first-order valence-electron chi connectivity index (χ1n) is 5.30. The molecule has 0 saturated carbocycles. The standard InChI is InChI=1S/C10H14N4O3/c11-8-1-2-10(14(15)16)9(7-8)12-13-3-5-17-6-4-13/h1-2,7,12H,3-6,11H2. The average molecular weight is 238 g/mol. The lowest BCUT2D eigenvalue weighted by molar-refractivity contribution is -0.384. The third-order valence-electron chi connectivity index (χ3n) is 2.51. The number of nitrogens with zero attached hydrogens (tertiary/aromatic N) is 2. The molecular weight excluding hydrogens is 224 g/mol. The van der Waals surface area contributed by atoms with E-state index in [9.17, 15) is 10.1 Å². The van der Waals surface area contributed by atoms with Crippen LogP contribution in [0.2, 0.25) is 0 Å². The molecule has 1 aromatic carbocycles. The summed E-state index contributed by atoms with van der Waals surface area (Å²) in [5.74, 6) is 0. The minimum atomic E-state index is -0.428. The van der Waals surface area contributed by atoms with Crippen LogP contribution in [0.3, 0.4) is 0 Å². The Morgan fingerprint density at radius 1 is 1.41 bits per heavy atom. The van der Waals surface area contributed by atoms with Gasteiger partial charge < -0.3 is 15.9 Å². The molecule has 0 spiro atoms. The lowest BCUT2D eigenvalue weighted by Crippen LogP contribution is -2.40. The summed E-state index contributed by atoms with van der Waals surface area (Å²) in [7, 11) is 0. The Kier molecular flexibility index (Phi) is 3.40. The predicted molar refractivity (Wildman–Crippen MR) is 63.5 cm³/mol. The molecule has 0 aromatic heterocycles. The van der Waals surface area contributed by atoms with Crippen molar-refractivity contribution < 1.29 is 9.66 Å². The number of anilines is 2. The van der Waals surface area contributed by atoms with Crippen LogP contribution >= 0.6 is 0 Å². The number of benzene rings is 1.